The summed E-state index contributed by atoms with van der Waals surface area (Å²) in [6.45, 7) is 4.00. The van der Waals surface area contributed by atoms with Crippen molar-refractivity contribution < 1.29 is 14.7 Å². The van der Waals surface area contributed by atoms with Gasteiger partial charge in [-0.05, 0) is 12.1 Å². The second kappa shape index (κ2) is 7.28. The molecular formula is C11H16N2O3. The Morgan fingerprint density at radius 1 is 1.25 bits per heavy atom. The number of benzene rings is 1. The molecule has 0 amide bonds. The number of nitrogens with two attached hydrogens (primary N) is 1. The Hall–Kier alpha value is -2.04. The molecule has 5 heteroatoms. The van der Waals surface area contributed by atoms with Gasteiger partial charge in [0.1, 0.15) is 0 Å². The van der Waals surface area contributed by atoms with Crippen molar-refractivity contribution >= 4 is 11.8 Å². The lowest BCUT2D eigenvalue weighted by Gasteiger charge is -2.00. The first-order valence-electron chi connectivity index (χ1n) is 4.85. The maximum Gasteiger partial charge on any atom is 0.337 e. The van der Waals surface area contributed by atoms with E-state index in [1.807, 2.05) is 13.8 Å². The SMILES string of the molecule is CC.COC(=O)c1ccc(/C(N)=N/O)cc1. The van der Waals surface area contributed by atoms with Crippen molar-refractivity contribution in [3.63, 3.8) is 0 Å². The minimum absolute atomic E-state index is 0.00131. The van der Waals surface area contributed by atoms with E-state index in [0.717, 1.165) is 0 Å². The molecule has 0 fully saturated rings. The standard InChI is InChI=1S/C9H10N2O3.C2H6/c1-14-9(12)7-4-2-6(3-5-7)8(10)11-13;1-2/h2-5,13H,1H3,(H2,10,11);1-2H3. The number of methoxy groups -OCH3 is 1. The number of oxime groups is 1. The van der Waals surface area contributed by atoms with Crippen LogP contribution in [-0.2, 0) is 4.74 Å². The zero-order chi connectivity index (χ0) is 12.6. The minimum atomic E-state index is -0.420. The second-order valence-corrected chi connectivity index (χ2v) is 2.55. The first-order chi connectivity index (χ1) is 7.69. The van der Waals surface area contributed by atoms with E-state index in [1.165, 1.54) is 7.11 Å². The van der Waals surface area contributed by atoms with E-state index in [9.17, 15) is 4.79 Å². The summed E-state index contributed by atoms with van der Waals surface area (Å²) in [5, 5.41) is 11.2. The van der Waals surface area contributed by atoms with Crippen molar-refractivity contribution in [3.8, 4) is 0 Å². The van der Waals surface area contributed by atoms with E-state index in [4.69, 9.17) is 10.9 Å². The molecule has 0 heterocycles. The van der Waals surface area contributed by atoms with Crippen molar-refractivity contribution in [1.29, 1.82) is 0 Å². The molecule has 0 aliphatic heterocycles. The van der Waals surface area contributed by atoms with Gasteiger partial charge in [-0.25, -0.2) is 4.79 Å². The van der Waals surface area contributed by atoms with Gasteiger partial charge in [-0.1, -0.05) is 31.1 Å². The zero-order valence-corrected chi connectivity index (χ0v) is 9.60. The lowest BCUT2D eigenvalue weighted by molar-refractivity contribution is 0.0600. The van der Waals surface area contributed by atoms with Gasteiger partial charge in [-0.2, -0.15) is 0 Å². The van der Waals surface area contributed by atoms with Crippen LogP contribution in [0.5, 0.6) is 0 Å². The molecule has 88 valence electrons. The van der Waals surface area contributed by atoms with Crippen molar-refractivity contribution in [2.45, 2.75) is 13.8 Å². The fraction of sp³-hybridized carbons (Fsp3) is 0.273. The maximum absolute atomic E-state index is 11.0. The number of esters is 1. The van der Waals surface area contributed by atoms with Crippen LogP contribution >= 0.6 is 0 Å². The number of ether oxygens (including phenoxy) is 1. The number of amidine groups is 1. The summed E-state index contributed by atoms with van der Waals surface area (Å²) < 4.78 is 4.51. The average molecular weight is 224 g/mol. The van der Waals surface area contributed by atoms with Gasteiger partial charge in [0.05, 0.1) is 12.7 Å². The Labute approximate surface area is 94.5 Å². The molecule has 5 nitrogen and oxygen atoms in total. The highest BCUT2D eigenvalue weighted by Crippen LogP contribution is 2.05. The van der Waals surface area contributed by atoms with E-state index < -0.39 is 5.97 Å². The summed E-state index contributed by atoms with van der Waals surface area (Å²) in [4.78, 5) is 11.0. The van der Waals surface area contributed by atoms with E-state index in [0.29, 0.717) is 11.1 Å². The summed E-state index contributed by atoms with van der Waals surface area (Å²) in [5.74, 6) is -0.419. The molecule has 0 spiro atoms. The van der Waals surface area contributed by atoms with Gasteiger partial charge in [0, 0.05) is 5.56 Å². The monoisotopic (exact) mass is 224 g/mol. The number of nitrogens with zero attached hydrogens (tertiary/aromatic N) is 1. The van der Waals surface area contributed by atoms with Crippen LogP contribution in [0.3, 0.4) is 0 Å². The molecule has 3 N–H and O–H groups in total. The zero-order valence-electron chi connectivity index (χ0n) is 9.60. The predicted molar refractivity (Wildman–Crippen MR) is 61.6 cm³/mol. The van der Waals surface area contributed by atoms with Crippen LogP contribution in [0.2, 0.25) is 0 Å². The minimum Gasteiger partial charge on any atom is -0.465 e. The molecule has 0 saturated heterocycles. The Balaban J connectivity index is 0.00000106. The van der Waals surface area contributed by atoms with E-state index in [2.05, 4.69) is 9.89 Å². The van der Waals surface area contributed by atoms with Crippen LogP contribution in [0.15, 0.2) is 29.4 Å². The third-order valence-corrected chi connectivity index (χ3v) is 1.71. The van der Waals surface area contributed by atoms with Crippen molar-refractivity contribution in [2.24, 2.45) is 10.9 Å². The van der Waals surface area contributed by atoms with Crippen molar-refractivity contribution in [3.05, 3.63) is 35.4 Å². The number of hydrogen-bond acceptors (Lipinski definition) is 4. The van der Waals surface area contributed by atoms with Gasteiger partial charge in [-0.3, -0.25) is 0 Å². The Morgan fingerprint density at radius 2 is 1.69 bits per heavy atom. The van der Waals surface area contributed by atoms with Gasteiger partial charge < -0.3 is 15.7 Å². The van der Waals surface area contributed by atoms with Crippen LogP contribution in [0, 0.1) is 0 Å². The Kier molecular flexibility index (Phi) is 6.35. The Bertz CT molecular complexity index is 358. The first-order valence-corrected chi connectivity index (χ1v) is 4.85. The molecular weight excluding hydrogens is 208 g/mol. The first kappa shape index (κ1) is 14.0. The van der Waals surface area contributed by atoms with Gasteiger partial charge >= 0.3 is 5.97 Å². The van der Waals surface area contributed by atoms with Crippen LogP contribution in [0.1, 0.15) is 29.8 Å². The highest BCUT2D eigenvalue weighted by atomic mass is 16.5. The van der Waals surface area contributed by atoms with Gasteiger partial charge in [0.25, 0.3) is 0 Å². The molecule has 1 rings (SSSR count). The fourth-order valence-electron chi connectivity index (χ4n) is 0.953. The van der Waals surface area contributed by atoms with Gasteiger partial charge in [0.2, 0.25) is 0 Å². The smallest absolute Gasteiger partial charge is 0.337 e. The van der Waals surface area contributed by atoms with Crippen molar-refractivity contribution in [2.75, 3.05) is 7.11 Å². The van der Waals surface area contributed by atoms with Crippen LogP contribution in [0.4, 0.5) is 0 Å². The highest BCUT2D eigenvalue weighted by Gasteiger charge is 2.05. The third-order valence-electron chi connectivity index (χ3n) is 1.71. The molecule has 0 radical (unpaired) electrons. The molecule has 1 aromatic carbocycles. The molecule has 0 saturated carbocycles. The molecule has 0 bridgehead atoms. The molecule has 0 aromatic heterocycles. The molecule has 0 aliphatic carbocycles. The summed E-state index contributed by atoms with van der Waals surface area (Å²) in [6.07, 6.45) is 0. The van der Waals surface area contributed by atoms with E-state index in [1.54, 1.807) is 24.3 Å². The molecule has 0 unspecified atom stereocenters. The number of hydrogen-bond donors (Lipinski definition) is 2. The number of rotatable bonds is 2. The quantitative estimate of drug-likeness (QED) is 0.263. The predicted octanol–water partition coefficient (Wildman–Crippen LogP) is 1.59. The van der Waals surface area contributed by atoms with E-state index >= 15 is 0 Å². The topological polar surface area (TPSA) is 84.9 Å². The lowest BCUT2D eigenvalue weighted by atomic mass is 10.1. The third kappa shape index (κ3) is 3.61. The second-order valence-electron chi connectivity index (χ2n) is 2.55. The van der Waals surface area contributed by atoms with Gasteiger partial charge in [0.15, 0.2) is 5.84 Å². The van der Waals surface area contributed by atoms with Gasteiger partial charge in [-0.15, -0.1) is 0 Å². The summed E-state index contributed by atoms with van der Waals surface area (Å²) in [7, 11) is 1.31. The van der Waals surface area contributed by atoms with E-state index in [-0.39, 0.29) is 5.84 Å². The van der Waals surface area contributed by atoms with Crippen LogP contribution in [0.25, 0.3) is 0 Å². The van der Waals surface area contributed by atoms with Crippen LogP contribution < -0.4 is 5.73 Å². The summed E-state index contributed by atoms with van der Waals surface area (Å²) >= 11 is 0. The fourth-order valence-corrected chi connectivity index (χ4v) is 0.953. The maximum atomic E-state index is 11.0. The Morgan fingerprint density at radius 3 is 2.06 bits per heavy atom. The molecule has 1 aromatic rings. The largest absolute Gasteiger partial charge is 0.465 e. The molecule has 0 atom stereocenters. The van der Waals surface area contributed by atoms with Crippen molar-refractivity contribution in [1.82, 2.24) is 0 Å². The number of carbonyl (C=O) groups is 1. The highest BCUT2D eigenvalue weighted by molar-refractivity contribution is 5.98. The number of carbonyl (C=O) groups excluding carboxylic acids is 1. The molecule has 16 heavy (non-hydrogen) atoms. The lowest BCUT2D eigenvalue weighted by Crippen LogP contribution is -2.13. The summed E-state index contributed by atoms with van der Waals surface area (Å²) in [5.41, 5.74) is 6.30. The normalized spacial score (nSPS) is 10.1. The van der Waals surface area contributed by atoms with Crippen LogP contribution in [-0.4, -0.2) is 24.1 Å². The molecule has 0 aliphatic rings. The average Bonchev–Trinajstić information content (AvgIpc) is 2.39. The summed E-state index contributed by atoms with van der Waals surface area (Å²) in [6, 6.07) is 6.22.